The minimum absolute atomic E-state index is 0.0810. The molecule has 1 atom stereocenters. The lowest BCUT2D eigenvalue weighted by molar-refractivity contribution is -0.605. The second kappa shape index (κ2) is 3.88. The number of carbonyl (C=O) groups is 2. The number of nitro groups is 1. The summed E-state index contributed by atoms with van der Waals surface area (Å²) in [4.78, 5) is 33.0. The third-order valence-electron chi connectivity index (χ3n) is 2.51. The van der Waals surface area contributed by atoms with Crippen molar-refractivity contribution in [2.24, 2.45) is 5.73 Å². The average Bonchev–Trinajstić information content (AvgIpc) is 2.62. The van der Waals surface area contributed by atoms with Crippen LogP contribution in [0.15, 0.2) is 6.08 Å². The lowest BCUT2D eigenvalue weighted by Crippen LogP contribution is -2.44. The highest BCUT2D eigenvalue weighted by Gasteiger charge is 2.44. The number of hydrogen-bond acceptors (Lipinski definition) is 6. The maximum absolute atomic E-state index is 11.8. The molecule has 94 valence electrons. The molecule has 1 aromatic heterocycles. The van der Waals surface area contributed by atoms with Crippen molar-refractivity contribution in [3.63, 3.8) is 0 Å². The molecule has 0 radical (unpaired) electrons. The van der Waals surface area contributed by atoms with Crippen LogP contribution in [0, 0.1) is 15.3 Å². The maximum Gasteiger partial charge on any atom is 0.339 e. The van der Waals surface area contributed by atoms with Gasteiger partial charge in [0.15, 0.2) is 0 Å². The zero-order valence-electron chi connectivity index (χ0n) is 9.08. The van der Waals surface area contributed by atoms with Crippen molar-refractivity contribution < 1.29 is 19.2 Å². The molecule has 0 saturated carbocycles. The summed E-state index contributed by atoms with van der Waals surface area (Å²) >= 11 is 0.760. The Kier molecular flexibility index (Phi) is 2.62. The summed E-state index contributed by atoms with van der Waals surface area (Å²) in [7, 11) is 0. The highest BCUT2D eigenvalue weighted by atomic mass is 32.1. The summed E-state index contributed by atoms with van der Waals surface area (Å²) in [6, 6.07) is -1.59. The fourth-order valence-corrected chi connectivity index (χ4v) is 2.67. The van der Waals surface area contributed by atoms with Crippen LogP contribution < -0.4 is 10.5 Å². The van der Waals surface area contributed by atoms with E-state index in [1.165, 1.54) is 6.92 Å². The molecule has 1 aliphatic carbocycles. The van der Waals surface area contributed by atoms with Crippen LogP contribution in [-0.2, 0) is 0 Å². The third kappa shape index (κ3) is 1.56. The molecule has 0 fully saturated rings. The number of allylic oxidation sites excluding steroid dienone is 1. The van der Waals surface area contributed by atoms with E-state index < -0.39 is 22.7 Å². The second-order valence-corrected chi connectivity index (χ2v) is 4.69. The molecule has 1 aliphatic rings. The monoisotopic (exact) mass is 269 g/mol. The van der Waals surface area contributed by atoms with Gasteiger partial charge >= 0.3 is 16.7 Å². The summed E-state index contributed by atoms with van der Waals surface area (Å²) in [5.74, 6) is -1.90. The Hall–Kier alpha value is -2.29. The van der Waals surface area contributed by atoms with Crippen LogP contribution >= 0.6 is 11.3 Å². The van der Waals surface area contributed by atoms with E-state index in [1.807, 2.05) is 0 Å². The number of fused-ring (bicyclic) bond motifs is 1. The molecule has 0 aliphatic heterocycles. The number of primary amides is 1. The van der Waals surface area contributed by atoms with Gasteiger partial charge in [-0.2, -0.15) is 0 Å². The molecule has 9 heteroatoms. The van der Waals surface area contributed by atoms with E-state index in [0.717, 1.165) is 17.4 Å². The van der Waals surface area contributed by atoms with Crippen molar-refractivity contribution in [1.82, 2.24) is 0 Å². The molecule has 1 heterocycles. The number of thiazole rings is 1. The van der Waals surface area contributed by atoms with Crippen LogP contribution in [0.5, 0.6) is 0 Å². The normalized spacial score (nSPS) is 18.2. The van der Waals surface area contributed by atoms with Crippen molar-refractivity contribution in [3.8, 4) is 0 Å². The molecule has 0 spiro atoms. The van der Waals surface area contributed by atoms with Gasteiger partial charge in [-0.3, -0.25) is 19.7 Å². The summed E-state index contributed by atoms with van der Waals surface area (Å²) in [6.07, 6.45) is 1.16. The molecule has 8 nitrogen and oxygen atoms in total. The quantitative estimate of drug-likeness (QED) is 0.341. The first-order chi connectivity index (χ1) is 8.34. The van der Waals surface area contributed by atoms with Gasteiger partial charge < -0.3 is 10.9 Å². The van der Waals surface area contributed by atoms with E-state index in [2.05, 4.69) is 0 Å². The Morgan fingerprint density at radius 1 is 1.61 bits per heavy atom. The minimum atomic E-state index is -1.59. The van der Waals surface area contributed by atoms with Gasteiger partial charge in [0.2, 0.25) is 0 Å². The number of carbonyl (C=O) groups excluding carboxylic acids is 2. The first-order valence-electron chi connectivity index (χ1n) is 4.77. The number of nitrogens with two attached hydrogens (primary N) is 1. The summed E-state index contributed by atoms with van der Waals surface area (Å²) in [5, 5.41) is 22.1. The van der Waals surface area contributed by atoms with Crippen molar-refractivity contribution in [2.45, 2.75) is 13.0 Å². The van der Waals surface area contributed by atoms with E-state index in [1.54, 1.807) is 0 Å². The van der Waals surface area contributed by atoms with Crippen LogP contribution in [0.2, 0.25) is 0 Å². The second-order valence-electron chi connectivity index (χ2n) is 3.69. The summed E-state index contributed by atoms with van der Waals surface area (Å²) < 4.78 is 0.0810. The van der Waals surface area contributed by atoms with Crippen LogP contribution in [0.25, 0.3) is 5.57 Å². The van der Waals surface area contributed by atoms with Gasteiger partial charge in [0.25, 0.3) is 11.7 Å². The van der Waals surface area contributed by atoms with Gasteiger partial charge in [-0.25, -0.2) is 0 Å². The first kappa shape index (κ1) is 12.2. The number of aromatic nitrogens is 1. The van der Waals surface area contributed by atoms with E-state index in [9.17, 15) is 24.9 Å². The number of hydrogen-bond donors (Lipinski definition) is 1. The van der Waals surface area contributed by atoms with E-state index in [4.69, 9.17) is 5.73 Å². The van der Waals surface area contributed by atoms with Crippen molar-refractivity contribution in [2.75, 3.05) is 0 Å². The van der Waals surface area contributed by atoms with Crippen molar-refractivity contribution in [1.29, 1.82) is 0 Å². The maximum atomic E-state index is 11.8. The van der Waals surface area contributed by atoms with Gasteiger partial charge in [0.05, 0.1) is 0 Å². The molecule has 0 saturated heterocycles. The number of Topliss-reactive ketones (excluding diaryl/α,β-unsaturated/α-hetero) is 1. The third-order valence-corrected chi connectivity index (χ3v) is 3.79. The smallest absolute Gasteiger partial charge is 0.339 e. The highest BCUT2D eigenvalue weighted by molar-refractivity contribution is 7.14. The Labute approximate surface area is 104 Å². The highest BCUT2D eigenvalue weighted by Crippen LogP contribution is 2.30. The van der Waals surface area contributed by atoms with Gasteiger partial charge in [-0.15, -0.1) is 4.73 Å². The van der Waals surface area contributed by atoms with Crippen LogP contribution in [0.3, 0.4) is 0 Å². The Balaban J connectivity index is 2.68. The molecular weight excluding hydrogens is 262 g/mol. The minimum Gasteiger partial charge on any atom is -0.617 e. The topological polar surface area (TPSA) is 130 Å². The van der Waals surface area contributed by atoms with Crippen molar-refractivity contribution >= 4 is 28.6 Å². The SMILES string of the molecule is CC1=CC([N+](=O)[O-])C(=O)c2c1sc(C(N)=O)[n+]2[O-]. The molecule has 2 N–H and O–H groups in total. The summed E-state index contributed by atoms with van der Waals surface area (Å²) in [6.45, 7) is 1.53. The number of amides is 1. The van der Waals surface area contributed by atoms with Gasteiger partial charge in [-0.05, 0) is 12.5 Å². The first-order valence-corrected chi connectivity index (χ1v) is 5.59. The van der Waals surface area contributed by atoms with Gasteiger partial charge in [-0.1, -0.05) is 11.3 Å². The van der Waals surface area contributed by atoms with Gasteiger partial charge in [0.1, 0.15) is 4.88 Å². The zero-order valence-corrected chi connectivity index (χ0v) is 9.89. The summed E-state index contributed by atoms with van der Waals surface area (Å²) in [5.41, 5.74) is 5.03. The fourth-order valence-electron chi connectivity index (χ4n) is 1.69. The van der Waals surface area contributed by atoms with E-state index in [-0.39, 0.29) is 20.3 Å². The predicted octanol–water partition coefficient (Wildman–Crippen LogP) is -0.275. The Bertz CT molecular complexity index is 618. The fraction of sp³-hybridized carbons (Fsp3) is 0.222. The molecule has 1 amide bonds. The van der Waals surface area contributed by atoms with Crippen molar-refractivity contribution in [3.05, 3.63) is 37.0 Å². The van der Waals surface area contributed by atoms with Gasteiger partial charge in [0, 0.05) is 11.0 Å². The molecule has 0 bridgehead atoms. The molecule has 2 rings (SSSR count). The van der Waals surface area contributed by atoms with Crippen LogP contribution in [-0.4, -0.2) is 22.7 Å². The van der Waals surface area contributed by atoms with Crippen LogP contribution in [0.1, 0.15) is 32.1 Å². The molecule has 1 aromatic rings. The number of nitrogens with zero attached hydrogens (tertiary/aromatic N) is 2. The lowest BCUT2D eigenvalue weighted by atomic mass is 9.98. The van der Waals surface area contributed by atoms with E-state index in [0.29, 0.717) is 5.57 Å². The molecular formula is C9H7N3O5S. The average molecular weight is 269 g/mol. The predicted molar refractivity (Wildman–Crippen MR) is 60.6 cm³/mol. The standard InChI is InChI=1S/C9H7N3O5S/c1-3-2-4(12(16)17)6(13)5-7(3)18-9(8(10)14)11(5)15/h2,4H,1H3,(H2,10,14). The number of rotatable bonds is 2. The zero-order chi connectivity index (χ0) is 13.6. The number of ketones is 1. The lowest BCUT2D eigenvalue weighted by Gasteiger charge is -2.10. The molecule has 0 aromatic carbocycles. The Morgan fingerprint density at radius 3 is 2.72 bits per heavy atom. The van der Waals surface area contributed by atoms with E-state index >= 15 is 0 Å². The molecule has 1 unspecified atom stereocenters. The largest absolute Gasteiger partial charge is 0.617 e. The Morgan fingerprint density at radius 2 is 2.22 bits per heavy atom. The van der Waals surface area contributed by atoms with Crippen LogP contribution in [0.4, 0.5) is 0 Å². The molecule has 18 heavy (non-hydrogen) atoms.